The molecule has 1 saturated heterocycles. The van der Waals surface area contributed by atoms with Gasteiger partial charge in [0.1, 0.15) is 17.5 Å². The molecule has 0 spiro atoms. The quantitative estimate of drug-likeness (QED) is 0.625. The number of anilines is 1. The maximum atomic E-state index is 14.2. The summed E-state index contributed by atoms with van der Waals surface area (Å²) in [4.78, 5) is 20.8. The number of pyridine rings is 1. The lowest BCUT2D eigenvalue weighted by atomic mass is 9.87. The molecule has 1 aromatic carbocycles. The van der Waals surface area contributed by atoms with E-state index in [9.17, 15) is 26.7 Å². The van der Waals surface area contributed by atoms with Gasteiger partial charge in [0.15, 0.2) is 0 Å². The van der Waals surface area contributed by atoms with Crippen molar-refractivity contribution < 1.29 is 26.7 Å². The van der Waals surface area contributed by atoms with Crippen LogP contribution in [0.4, 0.5) is 27.8 Å². The minimum Gasteiger partial charge on any atom is -0.353 e. The van der Waals surface area contributed by atoms with Crippen LogP contribution in [0, 0.1) is 17.6 Å². The minimum atomic E-state index is -4.42. The first kappa shape index (κ1) is 24.9. The Kier molecular flexibility index (Phi) is 6.89. The number of nitrogens with zero attached hydrogens (tertiary/aromatic N) is 3. The van der Waals surface area contributed by atoms with Gasteiger partial charge in [-0.3, -0.25) is 4.79 Å². The van der Waals surface area contributed by atoms with Crippen LogP contribution >= 0.6 is 0 Å². The zero-order valence-electron chi connectivity index (χ0n) is 19.8. The third kappa shape index (κ3) is 5.33. The van der Waals surface area contributed by atoms with Crippen LogP contribution in [0.25, 0.3) is 0 Å². The summed E-state index contributed by atoms with van der Waals surface area (Å²) in [6.45, 7) is 1.76. The lowest BCUT2D eigenvalue weighted by molar-refractivity contribution is -0.137. The van der Waals surface area contributed by atoms with Gasteiger partial charge < -0.3 is 15.1 Å². The van der Waals surface area contributed by atoms with Gasteiger partial charge in [0.25, 0.3) is 0 Å². The number of aryl methyl sites for hydroxylation is 1. The molecule has 2 aliphatic carbocycles. The predicted octanol–water partition coefficient (Wildman–Crippen LogP) is 4.34. The minimum absolute atomic E-state index is 0.0893. The number of hydrogen-bond donors (Lipinski definition) is 1. The first-order chi connectivity index (χ1) is 17.2. The number of alkyl halides is 3. The van der Waals surface area contributed by atoms with Gasteiger partial charge >= 0.3 is 6.18 Å². The van der Waals surface area contributed by atoms with Gasteiger partial charge in [0, 0.05) is 56.4 Å². The van der Waals surface area contributed by atoms with Crippen LogP contribution in [-0.4, -0.2) is 54.1 Å². The number of hydrogen-bond acceptors (Lipinski definition) is 4. The number of rotatable bonds is 4. The smallest absolute Gasteiger partial charge is 0.353 e. The number of amides is 1. The fourth-order valence-corrected chi connectivity index (χ4v) is 5.80. The SMILES string of the molecule is O=C([C@H]1CCC(NC2CCc3cc(F)cc(F)c3C2)C1)N1CCN(c2cc(C(F)(F)F)ccn2)CC1. The van der Waals surface area contributed by atoms with E-state index in [1.54, 1.807) is 9.80 Å². The van der Waals surface area contributed by atoms with E-state index in [0.29, 0.717) is 51.0 Å². The molecule has 1 aromatic heterocycles. The molecule has 1 N–H and O–H groups in total. The van der Waals surface area contributed by atoms with Gasteiger partial charge in [-0.2, -0.15) is 13.2 Å². The number of fused-ring (bicyclic) bond motifs is 1. The van der Waals surface area contributed by atoms with E-state index in [1.165, 1.54) is 12.3 Å². The number of piperazine rings is 1. The van der Waals surface area contributed by atoms with E-state index in [1.807, 2.05) is 0 Å². The van der Waals surface area contributed by atoms with Gasteiger partial charge in [0.2, 0.25) is 5.91 Å². The molecular weight excluding hydrogens is 479 g/mol. The van der Waals surface area contributed by atoms with Crippen molar-refractivity contribution in [2.75, 3.05) is 31.1 Å². The van der Waals surface area contributed by atoms with Crippen LogP contribution in [0.1, 0.15) is 42.4 Å². The standard InChI is InChI=1S/C26H29F5N4O/c27-19-11-16-1-3-21(15-22(16)23(28)14-19)33-20-4-2-17(12-20)25(36)35-9-7-34(8-10-35)24-13-18(5-6-32-24)26(29,30)31/h5-6,11,13-14,17,20-21,33H,1-4,7-10,12,15H2/t17-,20?,21?/m0/s1. The monoisotopic (exact) mass is 508 g/mol. The van der Waals surface area contributed by atoms with Crippen molar-refractivity contribution in [3.63, 3.8) is 0 Å². The van der Waals surface area contributed by atoms with E-state index >= 15 is 0 Å². The van der Waals surface area contributed by atoms with E-state index < -0.39 is 23.4 Å². The first-order valence-electron chi connectivity index (χ1n) is 12.5. The fourth-order valence-electron chi connectivity index (χ4n) is 5.80. The highest BCUT2D eigenvalue weighted by molar-refractivity contribution is 5.79. The Morgan fingerprint density at radius 3 is 2.53 bits per heavy atom. The number of halogens is 5. The summed E-state index contributed by atoms with van der Waals surface area (Å²) in [5.41, 5.74) is 0.593. The lowest BCUT2D eigenvalue weighted by Gasteiger charge is -2.36. The topological polar surface area (TPSA) is 48.5 Å². The maximum Gasteiger partial charge on any atom is 0.416 e. The lowest BCUT2D eigenvalue weighted by Crippen LogP contribution is -2.50. The van der Waals surface area contributed by atoms with Crippen molar-refractivity contribution in [3.05, 3.63) is 58.8 Å². The summed E-state index contributed by atoms with van der Waals surface area (Å²) in [5, 5.41) is 3.59. The molecule has 1 aliphatic heterocycles. The van der Waals surface area contributed by atoms with Crippen molar-refractivity contribution >= 4 is 11.7 Å². The summed E-state index contributed by atoms with van der Waals surface area (Å²) in [7, 11) is 0. The Bertz CT molecular complexity index is 1120. The average Bonchev–Trinajstić information content (AvgIpc) is 3.32. The summed E-state index contributed by atoms with van der Waals surface area (Å²) in [6, 6.07) is 4.63. The van der Waals surface area contributed by atoms with E-state index in [0.717, 1.165) is 43.0 Å². The molecule has 1 amide bonds. The largest absolute Gasteiger partial charge is 0.416 e. The third-order valence-corrected chi connectivity index (χ3v) is 7.71. The maximum absolute atomic E-state index is 14.2. The van der Waals surface area contributed by atoms with E-state index in [-0.39, 0.29) is 29.7 Å². The Morgan fingerprint density at radius 1 is 1.00 bits per heavy atom. The summed E-state index contributed by atoms with van der Waals surface area (Å²) in [5.74, 6) is -0.763. The van der Waals surface area contributed by atoms with Gasteiger partial charge in [-0.25, -0.2) is 13.8 Å². The van der Waals surface area contributed by atoms with Gasteiger partial charge in [-0.15, -0.1) is 0 Å². The normalized spacial score (nSPS) is 24.6. The molecule has 36 heavy (non-hydrogen) atoms. The second-order valence-electron chi connectivity index (χ2n) is 10.1. The van der Waals surface area contributed by atoms with Gasteiger partial charge in [0.05, 0.1) is 5.56 Å². The van der Waals surface area contributed by atoms with E-state index in [4.69, 9.17) is 0 Å². The van der Waals surface area contributed by atoms with Gasteiger partial charge in [-0.05, 0) is 67.9 Å². The highest BCUT2D eigenvalue weighted by Gasteiger charge is 2.36. The highest BCUT2D eigenvalue weighted by Crippen LogP contribution is 2.32. The molecule has 2 heterocycles. The van der Waals surface area contributed by atoms with E-state index in [2.05, 4.69) is 10.3 Å². The molecule has 5 nitrogen and oxygen atoms in total. The number of benzene rings is 1. The Morgan fingerprint density at radius 2 is 1.78 bits per heavy atom. The molecule has 3 aliphatic rings. The molecular formula is C26H29F5N4O. The molecule has 0 bridgehead atoms. The summed E-state index contributed by atoms with van der Waals surface area (Å²) < 4.78 is 66.8. The molecule has 10 heteroatoms. The zero-order chi connectivity index (χ0) is 25.4. The Balaban J connectivity index is 1.11. The van der Waals surface area contributed by atoms with Crippen molar-refractivity contribution in [2.45, 2.75) is 56.8 Å². The molecule has 2 unspecified atom stereocenters. The third-order valence-electron chi connectivity index (χ3n) is 7.71. The summed E-state index contributed by atoms with van der Waals surface area (Å²) >= 11 is 0. The van der Waals surface area contributed by atoms with Crippen LogP contribution in [-0.2, 0) is 23.8 Å². The number of nitrogens with one attached hydrogen (secondary N) is 1. The molecule has 1 saturated carbocycles. The Hall–Kier alpha value is -2.75. The molecule has 2 aromatic rings. The number of aromatic nitrogens is 1. The highest BCUT2D eigenvalue weighted by atomic mass is 19.4. The molecule has 3 atom stereocenters. The van der Waals surface area contributed by atoms with Crippen molar-refractivity contribution in [1.82, 2.24) is 15.2 Å². The molecule has 2 fully saturated rings. The second kappa shape index (κ2) is 9.95. The van der Waals surface area contributed by atoms with Crippen molar-refractivity contribution in [3.8, 4) is 0 Å². The number of carbonyl (C=O) groups excluding carboxylic acids is 1. The van der Waals surface area contributed by atoms with Gasteiger partial charge in [-0.1, -0.05) is 0 Å². The van der Waals surface area contributed by atoms with Crippen molar-refractivity contribution in [2.24, 2.45) is 5.92 Å². The summed E-state index contributed by atoms with van der Waals surface area (Å²) in [6.07, 6.45) is 1.03. The van der Waals surface area contributed by atoms with Crippen LogP contribution < -0.4 is 10.2 Å². The van der Waals surface area contributed by atoms with Crippen molar-refractivity contribution in [1.29, 1.82) is 0 Å². The van der Waals surface area contributed by atoms with Crippen LogP contribution in [0.15, 0.2) is 30.5 Å². The van der Waals surface area contributed by atoms with Crippen LogP contribution in [0.3, 0.4) is 0 Å². The fraction of sp³-hybridized carbons (Fsp3) is 0.538. The molecule has 0 radical (unpaired) electrons. The van der Waals surface area contributed by atoms with Crippen LogP contribution in [0.5, 0.6) is 0 Å². The predicted molar refractivity (Wildman–Crippen MR) is 124 cm³/mol. The average molecular weight is 509 g/mol. The Labute approximate surface area is 206 Å². The van der Waals surface area contributed by atoms with Crippen LogP contribution in [0.2, 0.25) is 0 Å². The molecule has 5 rings (SSSR count). The first-order valence-corrected chi connectivity index (χ1v) is 12.5. The second-order valence-corrected chi connectivity index (χ2v) is 10.1. The number of carbonyl (C=O) groups is 1. The zero-order valence-corrected chi connectivity index (χ0v) is 19.8. The molecule has 194 valence electrons.